The Labute approximate surface area is 126 Å². The molecular weight excluding hydrogens is 280 g/mol. The van der Waals surface area contributed by atoms with E-state index in [2.05, 4.69) is 16.2 Å². The summed E-state index contributed by atoms with van der Waals surface area (Å²) < 4.78 is 5.00. The Morgan fingerprint density at radius 2 is 2.09 bits per heavy atom. The number of para-hydroxylation sites is 1. The van der Waals surface area contributed by atoms with Gasteiger partial charge in [0.1, 0.15) is 5.71 Å². The Morgan fingerprint density at radius 3 is 2.95 bits per heavy atom. The topological polar surface area (TPSA) is 67.6 Å². The molecule has 2 aromatic heterocycles. The SMILES string of the molecule is O=C(O/N=C1/CCCc2c1[nH]c1ccccc21)c1ccco1. The van der Waals surface area contributed by atoms with E-state index in [1.165, 1.54) is 17.2 Å². The third-order valence-corrected chi connectivity index (χ3v) is 3.90. The Hall–Kier alpha value is -2.82. The molecule has 1 aliphatic rings. The fourth-order valence-electron chi connectivity index (χ4n) is 2.89. The summed E-state index contributed by atoms with van der Waals surface area (Å²) in [6.45, 7) is 0. The van der Waals surface area contributed by atoms with Gasteiger partial charge in [-0.2, -0.15) is 0 Å². The van der Waals surface area contributed by atoms with E-state index in [1.807, 2.05) is 18.2 Å². The first kappa shape index (κ1) is 12.9. The lowest BCUT2D eigenvalue weighted by Gasteiger charge is -2.13. The average Bonchev–Trinajstić information content (AvgIpc) is 3.20. The zero-order valence-corrected chi connectivity index (χ0v) is 11.8. The van der Waals surface area contributed by atoms with Gasteiger partial charge in [-0.3, -0.25) is 0 Å². The largest absolute Gasteiger partial charge is 0.457 e. The molecule has 5 nitrogen and oxygen atoms in total. The Kier molecular flexibility index (Phi) is 3.04. The van der Waals surface area contributed by atoms with Crippen LogP contribution in [0.5, 0.6) is 0 Å². The highest BCUT2D eigenvalue weighted by atomic mass is 16.7. The number of nitrogens with one attached hydrogen (secondary N) is 1. The van der Waals surface area contributed by atoms with E-state index < -0.39 is 5.97 Å². The first-order valence-corrected chi connectivity index (χ1v) is 7.24. The lowest BCUT2D eigenvalue weighted by atomic mass is 9.94. The number of benzene rings is 1. The molecule has 5 heteroatoms. The van der Waals surface area contributed by atoms with Crippen LogP contribution >= 0.6 is 0 Å². The smallest absolute Gasteiger partial charge is 0.400 e. The molecule has 22 heavy (non-hydrogen) atoms. The maximum Gasteiger partial charge on any atom is 0.400 e. The summed E-state index contributed by atoms with van der Waals surface area (Å²) in [4.78, 5) is 20.2. The van der Waals surface area contributed by atoms with E-state index in [1.54, 1.807) is 12.1 Å². The summed E-state index contributed by atoms with van der Waals surface area (Å²) in [6, 6.07) is 11.4. The van der Waals surface area contributed by atoms with Gasteiger partial charge in [0.25, 0.3) is 0 Å². The number of fused-ring (bicyclic) bond motifs is 3. The summed E-state index contributed by atoms with van der Waals surface area (Å²) in [5.74, 6) is -0.433. The molecule has 2 heterocycles. The summed E-state index contributed by atoms with van der Waals surface area (Å²) in [5, 5.41) is 5.26. The van der Waals surface area contributed by atoms with Crippen molar-refractivity contribution in [3.05, 3.63) is 59.7 Å². The number of H-pyrrole nitrogens is 1. The molecule has 110 valence electrons. The summed E-state index contributed by atoms with van der Waals surface area (Å²) in [5.41, 5.74) is 4.08. The predicted molar refractivity (Wildman–Crippen MR) is 81.9 cm³/mol. The predicted octanol–water partition coefficient (Wildman–Crippen LogP) is 3.66. The normalized spacial score (nSPS) is 15.9. The lowest BCUT2D eigenvalue weighted by Crippen LogP contribution is -2.13. The van der Waals surface area contributed by atoms with Crippen molar-refractivity contribution in [3.63, 3.8) is 0 Å². The number of nitrogens with zero attached hydrogens (tertiary/aromatic N) is 1. The minimum absolute atomic E-state index is 0.150. The average molecular weight is 294 g/mol. The molecule has 0 aliphatic heterocycles. The second-order valence-corrected chi connectivity index (χ2v) is 5.27. The number of hydrogen-bond acceptors (Lipinski definition) is 4. The van der Waals surface area contributed by atoms with Gasteiger partial charge in [0.15, 0.2) is 0 Å². The van der Waals surface area contributed by atoms with Crippen LogP contribution in [0.25, 0.3) is 10.9 Å². The van der Waals surface area contributed by atoms with Crippen molar-refractivity contribution in [1.82, 2.24) is 4.98 Å². The zero-order chi connectivity index (χ0) is 14.9. The second-order valence-electron chi connectivity index (χ2n) is 5.27. The number of carbonyl (C=O) groups is 1. The molecule has 0 saturated heterocycles. The minimum atomic E-state index is -0.583. The van der Waals surface area contributed by atoms with Crippen molar-refractivity contribution < 1.29 is 14.0 Å². The highest BCUT2D eigenvalue weighted by Crippen LogP contribution is 2.29. The molecule has 1 aliphatic carbocycles. The number of oxime groups is 1. The standard InChI is InChI=1S/C17H14N2O3/c20-17(15-9-4-10-21-15)22-19-14-8-3-6-12-11-5-1-2-7-13(11)18-16(12)14/h1-2,4-5,7,9-10,18H,3,6,8H2/b19-14-. The molecule has 0 bridgehead atoms. The van der Waals surface area contributed by atoms with E-state index in [9.17, 15) is 4.79 Å². The molecule has 1 N–H and O–H groups in total. The van der Waals surface area contributed by atoms with E-state index in [4.69, 9.17) is 9.25 Å². The summed E-state index contributed by atoms with van der Waals surface area (Å²) in [6.07, 6.45) is 4.21. The van der Waals surface area contributed by atoms with Crippen LogP contribution in [0.4, 0.5) is 0 Å². The number of rotatable bonds is 2. The summed E-state index contributed by atoms with van der Waals surface area (Å²) >= 11 is 0. The fourth-order valence-corrected chi connectivity index (χ4v) is 2.89. The highest BCUT2D eigenvalue weighted by Gasteiger charge is 2.21. The maximum absolute atomic E-state index is 11.8. The van der Waals surface area contributed by atoms with Crippen LogP contribution in [-0.2, 0) is 11.3 Å². The van der Waals surface area contributed by atoms with Crippen molar-refractivity contribution in [3.8, 4) is 0 Å². The first-order chi connectivity index (χ1) is 10.8. The quantitative estimate of drug-likeness (QED) is 0.579. The van der Waals surface area contributed by atoms with E-state index in [0.717, 1.165) is 36.2 Å². The number of furan rings is 1. The van der Waals surface area contributed by atoms with Gasteiger partial charge in [-0.25, -0.2) is 4.79 Å². The van der Waals surface area contributed by atoms with Gasteiger partial charge in [0.05, 0.1) is 12.0 Å². The molecule has 4 rings (SSSR count). The number of aryl methyl sites for hydroxylation is 1. The van der Waals surface area contributed by atoms with E-state index in [0.29, 0.717) is 0 Å². The Bertz CT molecular complexity index is 859. The van der Waals surface area contributed by atoms with E-state index >= 15 is 0 Å². The van der Waals surface area contributed by atoms with Crippen LogP contribution in [0.1, 0.15) is 34.7 Å². The van der Waals surface area contributed by atoms with Gasteiger partial charge in [0.2, 0.25) is 5.76 Å². The molecule has 0 unspecified atom stereocenters. The first-order valence-electron chi connectivity index (χ1n) is 7.24. The van der Waals surface area contributed by atoms with Gasteiger partial charge < -0.3 is 14.2 Å². The molecule has 3 aromatic rings. The summed E-state index contributed by atoms with van der Waals surface area (Å²) in [7, 11) is 0. The second kappa shape index (κ2) is 5.18. The van der Waals surface area contributed by atoms with Crippen molar-refractivity contribution in [2.24, 2.45) is 5.16 Å². The molecule has 0 saturated carbocycles. The van der Waals surface area contributed by atoms with Crippen LogP contribution in [0.3, 0.4) is 0 Å². The molecule has 0 radical (unpaired) electrons. The molecule has 0 spiro atoms. The van der Waals surface area contributed by atoms with Gasteiger partial charge in [-0.05, 0) is 43.0 Å². The third kappa shape index (κ3) is 2.11. The van der Waals surface area contributed by atoms with Crippen LogP contribution in [0.2, 0.25) is 0 Å². The van der Waals surface area contributed by atoms with Gasteiger partial charge in [-0.15, -0.1) is 0 Å². The van der Waals surface area contributed by atoms with Crippen molar-refractivity contribution >= 4 is 22.6 Å². The van der Waals surface area contributed by atoms with E-state index in [-0.39, 0.29) is 5.76 Å². The molecule has 0 fully saturated rings. The molecule has 1 aromatic carbocycles. The molecular formula is C17H14N2O3. The lowest BCUT2D eigenvalue weighted by molar-refractivity contribution is 0.0479. The van der Waals surface area contributed by atoms with Crippen LogP contribution in [-0.4, -0.2) is 16.7 Å². The van der Waals surface area contributed by atoms with Crippen molar-refractivity contribution in [1.29, 1.82) is 0 Å². The number of hydrogen-bond donors (Lipinski definition) is 1. The van der Waals surface area contributed by atoms with Crippen molar-refractivity contribution in [2.75, 3.05) is 0 Å². The molecule has 0 amide bonds. The monoisotopic (exact) mass is 294 g/mol. The molecule has 0 atom stereocenters. The minimum Gasteiger partial charge on any atom is -0.457 e. The van der Waals surface area contributed by atoms with Crippen LogP contribution in [0.15, 0.2) is 52.2 Å². The Balaban J connectivity index is 1.67. The highest BCUT2D eigenvalue weighted by molar-refractivity contribution is 6.06. The zero-order valence-electron chi connectivity index (χ0n) is 11.8. The maximum atomic E-state index is 11.8. The van der Waals surface area contributed by atoms with Gasteiger partial charge in [0, 0.05) is 10.9 Å². The third-order valence-electron chi connectivity index (χ3n) is 3.90. The Morgan fingerprint density at radius 1 is 1.18 bits per heavy atom. The van der Waals surface area contributed by atoms with Gasteiger partial charge in [-0.1, -0.05) is 23.4 Å². The van der Waals surface area contributed by atoms with Crippen molar-refractivity contribution in [2.45, 2.75) is 19.3 Å². The fraction of sp³-hybridized carbons (Fsp3) is 0.176. The number of aromatic amines is 1. The van der Waals surface area contributed by atoms with Gasteiger partial charge >= 0.3 is 5.97 Å². The van der Waals surface area contributed by atoms with Crippen LogP contribution in [0, 0.1) is 0 Å². The number of aromatic nitrogens is 1. The van der Waals surface area contributed by atoms with Crippen LogP contribution < -0.4 is 0 Å². The number of carbonyl (C=O) groups excluding carboxylic acids is 1.